The maximum Gasteiger partial charge on any atom is 0.291 e. The number of aromatic nitrogens is 8. The monoisotopic (exact) mass is 1010 g/mol. The van der Waals surface area contributed by atoms with Gasteiger partial charge in [0.1, 0.15) is 21.1 Å². The van der Waals surface area contributed by atoms with Crippen molar-refractivity contribution in [2.24, 2.45) is 14.1 Å². The second-order valence-electron chi connectivity index (χ2n) is 17.4. The number of nitrogens with two attached hydrogens (primary N) is 2. The van der Waals surface area contributed by atoms with E-state index >= 15 is 0 Å². The second-order valence-corrected chi connectivity index (χ2v) is 19.4. The minimum Gasteiger partial charge on any atom is -0.375 e. The third-order valence-electron chi connectivity index (χ3n) is 10.9. The molecule has 24 nitrogen and oxygen atoms in total. The molecule has 0 bridgehead atoms. The smallest absolute Gasteiger partial charge is 0.291 e. The van der Waals surface area contributed by atoms with Crippen molar-refractivity contribution in [3.05, 3.63) is 81.1 Å². The Morgan fingerprint density at radius 1 is 0.535 bits per heavy atom. The molecule has 0 unspecified atom stereocenters. The molecule has 0 atom stereocenters. The van der Waals surface area contributed by atoms with Gasteiger partial charge in [0, 0.05) is 65.1 Å². The molecule has 0 saturated heterocycles. The van der Waals surface area contributed by atoms with Gasteiger partial charge in [-0.1, -0.05) is 22.7 Å². The lowest BCUT2D eigenvalue weighted by atomic mass is 10.2. The molecule has 0 fully saturated rings. The van der Waals surface area contributed by atoms with Gasteiger partial charge >= 0.3 is 0 Å². The Kier molecular flexibility index (Phi) is 17.8. The summed E-state index contributed by atoms with van der Waals surface area (Å²) in [6.45, 7) is 6.57. The fourth-order valence-corrected chi connectivity index (χ4v) is 8.92. The Bertz CT molecular complexity index is 2690. The van der Waals surface area contributed by atoms with Gasteiger partial charge in [-0.25, -0.2) is 19.9 Å². The van der Waals surface area contributed by atoms with Crippen LogP contribution in [0.2, 0.25) is 0 Å². The van der Waals surface area contributed by atoms with Crippen LogP contribution in [0.1, 0.15) is 105 Å². The van der Waals surface area contributed by atoms with Gasteiger partial charge in [-0.2, -0.15) is 0 Å². The average molecular weight is 1020 g/mol. The van der Waals surface area contributed by atoms with Crippen LogP contribution in [0.25, 0.3) is 0 Å². The third-order valence-corrected chi connectivity index (χ3v) is 12.9. The molecule has 0 radical (unpaired) electrons. The number of hydrogen-bond donors (Lipinski definition) is 8. The first-order valence-electron chi connectivity index (χ1n) is 22.8. The van der Waals surface area contributed by atoms with E-state index in [9.17, 15) is 28.8 Å². The molecular weight excluding hydrogens is 953 g/mol. The normalized spacial score (nSPS) is 11.3. The van der Waals surface area contributed by atoms with Crippen molar-refractivity contribution in [1.29, 1.82) is 0 Å². The fourth-order valence-electron chi connectivity index (χ4n) is 7.47. The van der Waals surface area contributed by atoms with Crippen LogP contribution in [0, 0.1) is 13.8 Å². The van der Waals surface area contributed by atoms with E-state index in [1.165, 1.54) is 0 Å². The van der Waals surface area contributed by atoms with Crippen LogP contribution in [0.3, 0.4) is 0 Å². The highest BCUT2D eigenvalue weighted by Crippen LogP contribution is 2.24. The summed E-state index contributed by atoms with van der Waals surface area (Å²) in [7, 11) is 11.3. The zero-order valence-corrected chi connectivity index (χ0v) is 42.8. The number of nitrogens with one attached hydrogen (secondary N) is 6. The Labute approximate surface area is 418 Å². The van der Waals surface area contributed by atoms with E-state index in [-0.39, 0.29) is 45.4 Å². The minimum atomic E-state index is -0.571. The van der Waals surface area contributed by atoms with Crippen LogP contribution < -0.4 is 43.4 Å². The zero-order chi connectivity index (χ0) is 51.5. The Morgan fingerprint density at radius 2 is 0.930 bits per heavy atom. The summed E-state index contributed by atoms with van der Waals surface area (Å²) in [4.78, 5) is 102. The zero-order valence-electron chi connectivity index (χ0n) is 41.1. The molecule has 6 heterocycles. The second kappa shape index (κ2) is 23.9. The fraction of sp³-hybridized carbons (Fsp3) is 0.422. The van der Waals surface area contributed by atoms with Gasteiger partial charge in [0.05, 0.1) is 22.8 Å². The van der Waals surface area contributed by atoms with Gasteiger partial charge in [0.2, 0.25) is 11.6 Å². The molecule has 0 aliphatic carbocycles. The summed E-state index contributed by atoms with van der Waals surface area (Å²) < 4.78 is 6.51. The summed E-state index contributed by atoms with van der Waals surface area (Å²) >= 11 is 2.07. The highest BCUT2D eigenvalue weighted by molar-refractivity contribution is 7.17. The molecule has 0 aromatic carbocycles. The number of nitrogens with zero attached hydrogens (tertiary/aromatic N) is 10. The maximum atomic E-state index is 13.9. The van der Waals surface area contributed by atoms with E-state index in [2.05, 4.69) is 51.8 Å². The van der Waals surface area contributed by atoms with Crippen molar-refractivity contribution >= 4 is 91.4 Å². The van der Waals surface area contributed by atoms with Crippen LogP contribution in [0.15, 0.2) is 36.9 Å². The van der Waals surface area contributed by atoms with Crippen molar-refractivity contribution in [2.75, 3.05) is 87.1 Å². The lowest BCUT2D eigenvalue weighted by molar-refractivity contribution is 0.0936. The van der Waals surface area contributed by atoms with E-state index in [0.717, 1.165) is 48.6 Å². The number of unbranched alkanes of at least 4 members (excludes halogenated alkanes) is 2. The number of thiazole rings is 2. The Morgan fingerprint density at radius 3 is 1.28 bits per heavy atom. The number of hydrogen-bond acceptors (Lipinski definition) is 16. The molecule has 0 saturated carbocycles. The van der Waals surface area contributed by atoms with Gasteiger partial charge in [0.15, 0.2) is 21.9 Å². The van der Waals surface area contributed by atoms with Crippen molar-refractivity contribution in [3.8, 4) is 0 Å². The predicted octanol–water partition coefficient (Wildman–Crippen LogP) is 3.69. The summed E-state index contributed by atoms with van der Waals surface area (Å²) in [5.74, 6) is -2.39. The first-order valence-corrected chi connectivity index (χ1v) is 24.4. The molecule has 0 aliphatic rings. The molecule has 6 rings (SSSR count). The van der Waals surface area contributed by atoms with Crippen LogP contribution in [-0.2, 0) is 27.2 Å². The summed E-state index contributed by atoms with van der Waals surface area (Å²) in [6.07, 6.45) is 9.60. The summed E-state index contributed by atoms with van der Waals surface area (Å²) in [5.41, 5.74) is 14.1. The van der Waals surface area contributed by atoms with E-state index in [0.29, 0.717) is 89.3 Å². The van der Waals surface area contributed by atoms with E-state index in [1.807, 2.05) is 38.0 Å². The van der Waals surface area contributed by atoms with Crippen molar-refractivity contribution < 1.29 is 28.8 Å². The van der Waals surface area contributed by atoms with E-state index in [4.69, 9.17) is 11.5 Å². The molecule has 6 aromatic heterocycles. The average Bonchev–Trinajstić information content (AvgIpc) is 4.16. The van der Waals surface area contributed by atoms with Crippen LogP contribution in [0.5, 0.6) is 0 Å². The lowest BCUT2D eigenvalue weighted by Gasteiger charge is -2.10. The molecular formula is C45H62N18O6S2. The van der Waals surface area contributed by atoms with Crippen molar-refractivity contribution in [1.82, 2.24) is 58.6 Å². The van der Waals surface area contributed by atoms with Crippen LogP contribution in [-0.4, -0.2) is 138 Å². The molecule has 71 heavy (non-hydrogen) atoms. The van der Waals surface area contributed by atoms with E-state index in [1.54, 1.807) is 83.1 Å². The number of carbonyl (C=O) groups excluding carboxylic acids is 6. The largest absolute Gasteiger partial charge is 0.375 e. The number of aryl methyl sites for hydroxylation is 6. The van der Waals surface area contributed by atoms with Crippen molar-refractivity contribution in [3.63, 3.8) is 0 Å². The lowest BCUT2D eigenvalue weighted by Crippen LogP contribution is -2.28. The Balaban J connectivity index is 1.15. The van der Waals surface area contributed by atoms with E-state index < -0.39 is 23.6 Å². The predicted molar refractivity (Wildman–Crippen MR) is 274 cm³/mol. The highest BCUT2D eigenvalue weighted by atomic mass is 32.1. The molecule has 0 spiro atoms. The summed E-state index contributed by atoms with van der Waals surface area (Å²) in [6, 6.07) is 3.16. The number of carbonyl (C=O) groups is 6. The topological polar surface area (TPSA) is 304 Å². The summed E-state index contributed by atoms with van der Waals surface area (Å²) in [5, 5.41) is 17.5. The standard InChI is InChI=1S/C45H62N18O6S2/c1-26-34(70-44(46)50-26)40(66)56-32-24-62(36(54-32)42(68)52-28-20-30(60(7)22-28)38(64)48-14-12-16-58(3)4)18-10-9-11-19-63-25-33(57-41(67)35-27(2)51-45(47)71-35)55-37(63)43(69)53-29-21-31(61(8)23-29)39(65)49-15-13-17-59(5)6/h20-25H,9-19H2,1-8H3,(H2,46,50)(H2,47,51)(H,48,64)(H,49,65)(H,52,68)(H,53,69)(H,56,66)(H,57,67). The van der Waals surface area contributed by atoms with Gasteiger partial charge in [-0.15, -0.1) is 0 Å². The first-order chi connectivity index (χ1) is 33.8. The van der Waals surface area contributed by atoms with Gasteiger partial charge < -0.3 is 71.4 Å². The Hall–Kier alpha value is -7.42. The number of amides is 6. The first kappa shape index (κ1) is 52.9. The number of anilines is 6. The number of nitrogen functional groups attached to an aromatic ring is 2. The van der Waals surface area contributed by atoms with Crippen LogP contribution >= 0.6 is 22.7 Å². The quantitative estimate of drug-likeness (QED) is 0.0402. The molecule has 10 N–H and O–H groups in total. The molecule has 6 aromatic rings. The number of rotatable bonds is 24. The molecule has 0 aliphatic heterocycles. The minimum absolute atomic E-state index is 0.0112. The van der Waals surface area contributed by atoms with Crippen LogP contribution in [0.4, 0.5) is 33.3 Å². The SMILES string of the molecule is Cc1nc(N)sc1C(=O)Nc1cn(CCCCCn2cc(NC(=O)c3sc(N)nc3C)nc2C(=O)Nc2cc(C(=O)NCCCN(C)C)n(C)c2)c(C(=O)Nc2cc(C(=O)NCCCN(C)C)n(C)c2)n1. The number of imidazole rings is 2. The highest BCUT2D eigenvalue weighted by Gasteiger charge is 2.24. The van der Waals surface area contributed by atoms with Gasteiger partial charge in [0.25, 0.3) is 35.4 Å². The molecule has 6 amide bonds. The molecule has 26 heteroatoms. The maximum absolute atomic E-state index is 13.9. The molecule has 380 valence electrons. The van der Waals surface area contributed by atoms with Crippen molar-refractivity contribution in [2.45, 2.75) is 59.0 Å². The van der Waals surface area contributed by atoms with Gasteiger partial charge in [-0.05, 0) is 99.4 Å². The van der Waals surface area contributed by atoms with Gasteiger partial charge in [-0.3, -0.25) is 28.8 Å². The third kappa shape index (κ3) is 14.3.